The molecule has 0 unspecified atom stereocenters. The van der Waals surface area contributed by atoms with E-state index in [0.29, 0.717) is 22.9 Å². The molecule has 0 fully saturated rings. The Morgan fingerprint density at radius 1 is 0.431 bits per heavy atom. The van der Waals surface area contributed by atoms with Crippen LogP contribution in [0.2, 0.25) is 0 Å². The number of aromatic hydroxyl groups is 2. The smallest absolute Gasteiger partial charge is 0.127 e. The summed E-state index contributed by atoms with van der Waals surface area (Å²) in [5.74, 6) is 0.586. The fraction of sp³-hybridized carbons (Fsp3) is 0.348. The molecule has 5 heteroatoms. The van der Waals surface area contributed by atoms with Gasteiger partial charge in [-0.15, -0.1) is 0 Å². The van der Waals surface area contributed by atoms with Gasteiger partial charge in [0.2, 0.25) is 0 Å². The Hall–Kier alpha value is -3.57. The Kier molecular flexibility index (Phi) is 13.3. The molecule has 270 valence electrons. The molecule has 1 aromatic heterocycles. The molecule has 0 spiro atoms. The van der Waals surface area contributed by atoms with Crippen molar-refractivity contribution >= 4 is 0 Å². The van der Waals surface area contributed by atoms with E-state index in [9.17, 15) is 10.2 Å². The molecular formula is C46H58HfN2O2-2. The number of aromatic nitrogens is 2. The molecule has 0 atom stereocenters. The second-order valence-corrected chi connectivity index (χ2v) is 17.2. The molecular weight excluding hydrogens is 791 g/mol. The SMILES string of the molecule is CC(C)(C)c1cc(-c2ccccc2-c2cncc(-c3ccccc3-c3cc(C(C)(C)C)cc(C(C)(C)C)c3O)n2)c(O)c(C(C)(C)C)c1.[CH3-].[CH3-].[Hf]. The van der Waals surface area contributed by atoms with Crippen LogP contribution < -0.4 is 0 Å². The molecule has 0 saturated heterocycles. The summed E-state index contributed by atoms with van der Waals surface area (Å²) in [6.07, 6.45) is 3.57. The first-order valence-electron chi connectivity index (χ1n) is 17.0. The predicted octanol–water partition coefficient (Wildman–Crippen LogP) is 12.6. The minimum absolute atomic E-state index is 0. The number of nitrogens with zero attached hydrogens (tertiary/aromatic N) is 2. The molecule has 51 heavy (non-hydrogen) atoms. The standard InChI is InChI=1S/C44H52N2O2.2CH3.Hf/c1-41(2,3)27-21-33(39(47)35(23-27)43(7,8)9)29-17-13-15-19-31(29)37-25-45-26-38(46-37)32-20-16-14-18-30(32)34-22-28(42(4,5)6)24-36(40(34)48)44(10,11)12;;;/h13-26,47-48H,1-12H3;2*1H3;/q;2*-1;. The monoisotopic (exact) mass is 850 g/mol. The first-order chi connectivity index (χ1) is 22.2. The Balaban J connectivity index is 0.00000300. The van der Waals surface area contributed by atoms with Gasteiger partial charge < -0.3 is 25.1 Å². The van der Waals surface area contributed by atoms with E-state index in [2.05, 4.69) is 119 Å². The Morgan fingerprint density at radius 3 is 1.04 bits per heavy atom. The van der Waals surface area contributed by atoms with Crippen molar-refractivity contribution in [3.05, 3.63) is 122 Å². The van der Waals surface area contributed by atoms with Gasteiger partial charge in [0.05, 0.1) is 23.8 Å². The molecule has 0 radical (unpaired) electrons. The molecule has 5 rings (SSSR count). The number of hydrogen-bond acceptors (Lipinski definition) is 4. The number of benzene rings is 4. The van der Waals surface area contributed by atoms with Gasteiger partial charge in [-0.3, -0.25) is 4.98 Å². The third-order valence-electron chi connectivity index (χ3n) is 9.19. The first kappa shape index (κ1) is 43.6. The topological polar surface area (TPSA) is 66.2 Å². The zero-order valence-corrected chi connectivity index (χ0v) is 37.0. The summed E-state index contributed by atoms with van der Waals surface area (Å²) in [4.78, 5) is 9.90. The van der Waals surface area contributed by atoms with Gasteiger partial charge in [0.25, 0.3) is 0 Å². The van der Waals surface area contributed by atoms with Crippen molar-refractivity contribution in [3.8, 4) is 56.3 Å². The molecule has 4 aromatic carbocycles. The van der Waals surface area contributed by atoms with E-state index >= 15 is 0 Å². The number of hydrogen-bond donors (Lipinski definition) is 2. The van der Waals surface area contributed by atoms with Gasteiger partial charge in [-0.1, -0.05) is 144 Å². The summed E-state index contributed by atoms with van der Waals surface area (Å²) < 4.78 is 0. The van der Waals surface area contributed by atoms with E-state index in [4.69, 9.17) is 9.97 Å². The van der Waals surface area contributed by atoms with Gasteiger partial charge >= 0.3 is 0 Å². The van der Waals surface area contributed by atoms with Crippen molar-refractivity contribution in [2.45, 2.75) is 105 Å². The van der Waals surface area contributed by atoms with Crippen molar-refractivity contribution < 1.29 is 36.1 Å². The zero-order chi connectivity index (χ0) is 35.4. The average molecular weight is 849 g/mol. The normalized spacial score (nSPS) is 12.0. The van der Waals surface area contributed by atoms with E-state index < -0.39 is 0 Å². The minimum atomic E-state index is -0.249. The largest absolute Gasteiger partial charge is 0.507 e. The van der Waals surface area contributed by atoms with Gasteiger partial charge in [-0.05, 0) is 56.0 Å². The molecule has 0 bridgehead atoms. The Morgan fingerprint density at radius 2 is 0.745 bits per heavy atom. The van der Waals surface area contributed by atoms with Crippen LogP contribution in [-0.2, 0) is 47.5 Å². The van der Waals surface area contributed by atoms with Crippen molar-refractivity contribution in [3.63, 3.8) is 0 Å². The molecule has 5 aromatic rings. The third kappa shape index (κ3) is 9.09. The van der Waals surface area contributed by atoms with Crippen LogP contribution in [0.5, 0.6) is 11.5 Å². The van der Waals surface area contributed by atoms with E-state index in [1.165, 1.54) is 0 Å². The first-order valence-corrected chi connectivity index (χ1v) is 17.0. The molecule has 0 saturated carbocycles. The van der Waals surface area contributed by atoms with Gasteiger partial charge in [0.15, 0.2) is 0 Å². The van der Waals surface area contributed by atoms with Crippen LogP contribution in [-0.4, -0.2) is 20.2 Å². The maximum absolute atomic E-state index is 11.8. The molecule has 1 heterocycles. The molecule has 0 aliphatic carbocycles. The van der Waals surface area contributed by atoms with E-state index in [1.54, 1.807) is 12.4 Å². The number of phenolic OH excluding ortho intramolecular Hbond substituents is 2. The maximum Gasteiger partial charge on any atom is 0.127 e. The molecule has 0 aliphatic rings. The quantitative estimate of drug-likeness (QED) is 0.140. The summed E-state index contributed by atoms with van der Waals surface area (Å²) in [5, 5.41) is 23.5. The fourth-order valence-electron chi connectivity index (χ4n) is 6.20. The van der Waals surface area contributed by atoms with Gasteiger partial charge in [-0.2, -0.15) is 0 Å². The van der Waals surface area contributed by atoms with Crippen LogP contribution in [0.4, 0.5) is 0 Å². The van der Waals surface area contributed by atoms with Crippen molar-refractivity contribution in [2.24, 2.45) is 0 Å². The third-order valence-corrected chi connectivity index (χ3v) is 9.19. The van der Waals surface area contributed by atoms with E-state index in [1.807, 2.05) is 36.4 Å². The molecule has 0 amide bonds. The van der Waals surface area contributed by atoms with Crippen LogP contribution in [0.25, 0.3) is 44.8 Å². The number of phenols is 2. The summed E-state index contributed by atoms with van der Waals surface area (Å²) in [7, 11) is 0. The Labute approximate surface area is 327 Å². The summed E-state index contributed by atoms with van der Waals surface area (Å²) >= 11 is 0. The fourth-order valence-corrected chi connectivity index (χ4v) is 6.20. The van der Waals surface area contributed by atoms with Crippen molar-refractivity contribution in [1.29, 1.82) is 0 Å². The van der Waals surface area contributed by atoms with Gasteiger partial charge in [-0.25, -0.2) is 4.98 Å². The van der Waals surface area contributed by atoms with Gasteiger partial charge in [0.1, 0.15) is 11.5 Å². The van der Waals surface area contributed by atoms with Crippen LogP contribution >= 0.6 is 0 Å². The molecule has 2 N–H and O–H groups in total. The van der Waals surface area contributed by atoms with E-state index in [0.717, 1.165) is 55.6 Å². The average Bonchev–Trinajstić information content (AvgIpc) is 2.99. The second-order valence-electron chi connectivity index (χ2n) is 17.2. The molecule has 0 aliphatic heterocycles. The minimum Gasteiger partial charge on any atom is -0.507 e. The van der Waals surface area contributed by atoms with E-state index in [-0.39, 0.29) is 62.4 Å². The summed E-state index contributed by atoms with van der Waals surface area (Å²) in [6.45, 7) is 26.0. The van der Waals surface area contributed by atoms with Crippen molar-refractivity contribution in [1.82, 2.24) is 9.97 Å². The number of rotatable bonds is 4. The Bertz CT molecular complexity index is 1840. The second kappa shape index (κ2) is 15.6. The van der Waals surface area contributed by atoms with Crippen molar-refractivity contribution in [2.75, 3.05) is 0 Å². The van der Waals surface area contributed by atoms with Crippen LogP contribution in [0, 0.1) is 14.9 Å². The maximum atomic E-state index is 11.8. The zero-order valence-electron chi connectivity index (χ0n) is 33.4. The van der Waals surface area contributed by atoms with Gasteiger partial charge in [0, 0.05) is 59.2 Å². The van der Waals surface area contributed by atoms with Crippen LogP contribution in [0.15, 0.2) is 85.2 Å². The predicted molar refractivity (Wildman–Crippen MR) is 215 cm³/mol. The van der Waals surface area contributed by atoms with Crippen LogP contribution in [0.1, 0.15) is 105 Å². The van der Waals surface area contributed by atoms with Crippen LogP contribution in [0.3, 0.4) is 0 Å². The summed E-state index contributed by atoms with van der Waals surface area (Å²) in [5.41, 5.74) is 10.0. The molecule has 4 nitrogen and oxygen atoms in total. The summed E-state index contributed by atoms with van der Waals surface area (Å²) in [6, 6.07) is 24.7.